The minimum absolute atomic E-state index is 0.0905. The van der Waals surface area contributed by atoms with Gasteiger partial charge < -0.3 is 5.32 Å². The van der Waals surface area contributed by atoms with E-state index in [0.29, 0.717) is 5.56 Å². The van der Waals surface area contributed by atoms with Crippen molar-refractivity contribution in [1.82, 2.24) is 0 Å². The van der Waals surface area contributed by atoms with E-state index in [1.807, 2.05) is 36.4 Å². The number of halogens is 1. The Hall–Kier alpha value is -1.61. The Kier molecular flexibility index (Phi) is 4.38. The van der Waals surface area contributed by atoms with Crippen LogP contribution in [0.25, 0.3) is 0 Å². The fourth-order valence-electron chi connectivity index (χ4n) is 1.96. The van der Waals surface area contributed by atoms with Crippen LogP contribution in [0.2, 0.25) is 0 Å². The molecule has 0 heterocycles. The number of carbonyl (C=O) groups excluding carboxylic acids is 1. The molecule has 98 valence electrons. The normalized spacial score (nSPS) is 10.3. The van der Waals surface area contributed by atoms with Crippen molar-refractivity contribution in [3.8, 4) is 0 Å². The topological polar surface area (TPSA) is 29.1 Å². The van der Waals surface area contributed by atoms with E-state index in [2.05, 4.69) is 35.1 Å². The van der Waals surface area contributed by atoms with E-state index in [-0.39, 0.29) is 5.91 Å². The average molecular weight is 318 g/mol. The quantitative estimate of drug-likeness (QED) is 0.882. The number of nitrogens with one attached hydrogen (secondary N) is 1. The number of amides is 1. The molecule has 0 unspecified atom stereocenters. The first-order valence-electron chi connectivity index (χ1n) is 6.26. The van der Waals surface area contributed by atoms with E-state index < -0.39 is 0 Å². The Morgan fingerprint density at radius 3 is 2.68 bits per heavy atom. The maximum Gasteiger partial charge on any atom is 0.255 e. The molecule has 2 nitrogen and oxygen atoms in total. The van der Waals surface area contributed by atoms with Gasteiger partial charge in [-0.1, -0.05) is 35.0 Å². The Bertz CT molecular complexity index is 607. The molecule has 0 aliphatic heterocycles. The van der Waals surface area contributed by atoms with Crippen LogP contribution >= 0.6 is 15.9 Å². The monoisotopic (exact) mass is 317 g/mol. The minimum Gasteiger partial charge on any atom is -0.322 e. The zero-order chi connectivity index (χ0) is 13.8. The average Bonchev–Trinajstić information content (AvgIpc) is 2.41. The van der Waals surface area contributed by atoms with Crippen LogP contribution in [-0.2, 0) is 6.42 Å². The van der Waals surface area contributed by atoms with Crippen LogP contribution in [0.5, 0.6) is 0 Å². The summed E-state index contributed by atoms with van der Waals surface area (Å²) in [6.45, 7) is 4.20. The summed E-state index contributed by atoms with van der Waals surface area (Å²) in [5, 5.41) is 2.93. The second kappa shape index (κ2) is 6.02. The molecule has 0 aliphatic rings. The first-order chi connectivity index (χ1) is 9.10. The highest BCUT2D eigenvalue weighted by Crippen LogP contribution is 2.18. The molecule has 0 saturated heterocycles. The Labute approximate surface area is 122 Å². The summed E-state index contributed by atoms with van der Waals surface area (Å²) >= 11 is 3.37. The van der Waals surface area contributed by atoms with Crippen LogP contribution in [0.4, 0.5) is 5.69 Å². The van der Waals surface area contributed by atoms with Crippen molar-refractivity contribution < 1.29 is 4.79 Å². The van der Waals surface area contributed by atoms with Crippen molar-refractivity contribution in [2.24, 2.45) is 0 Å². The number of carbonyl (C=O) groups is 1. The van der Waals surface area contributed by atoms with Gasteiger partial charge in [-0.25, -0.2) is 0 Å². The third-order valence-electron chi connectivity index (χ3n) is 3.07. The number of benzene rings is 2. The Morgan fingerprint density at radius 1 is 1.21 bits per heavy atom. The summed E-state index contributed by atoms with van der Waals surface area (Å²) in [5.41, 5.74) is 4.00. The van der Waals surface area contributed by atoms with Gasteiger partial charge in [-0.05, 0) is 54.8 Å². The molecule has 0 fully saturated rings. The fraction of sp³-hybridized carbons (Fsp3) is 0.188. The highest BCUT2D eigenvalue weighted by atomic mass is 79.9. The standard InChI is InChI=1S/C16H16BrNO/c1-3-12-10-15(8-7-11(12)2)18-16(19)13-5-4-6-14(17)9-13/h4-10H,3H2,1-2H3,(H,18,19). The maximum atomic E-state index is 12.1. The van der Waals surface area contributed by atoms with E-state index in [1.165, 1.54) is 11.1 Å². The van der Waals surface area contributed by atoms with E-state index in [1.54, 1.807) is 6.07 Å². The molecular weight excluding hydrogens is 302 g/mol. The molecule has 0 aliphatic carbocycles. The van der Waals surface area contributed by atoms with Gasteiger partial charge in [-0.3, -0.25) is 4.79 Å². The SMILES string of the molecule is CCc1cc(NC(=O)c2cccc(Br)c2)ccc1C. The molecule has 1 amide bonds. The summed E-state index contributed by atoms with van der Waals surface area (Å²) < 4.78 is 0.901. The number of aryl methyl sites for hydroxylation is 2. The van der Waals surface area contributed by atoms with Gasteiger partial charge in [0, 0.05) is 15.7 Å². The molecule has 2 aromatic carbocycles. The number of rotatable bonds is 3. The zero-order valence-corrected chi connectivity index (χ0v) is 12.6. The predicted octanol–water partition coefficient (Wildman–Crippen LogP) is 4.57. The van der Waals surface area contributed by atoms with Crippen LogP contribution in [0.1, 0.15) is 28.4 Å². The number of hydrogen-bond donors (Lipinski definition) is 1. The lowest BCUT2D eigenvalue weighted by atomic mass is 10.1. The molecule has 3 heteroatoms. The molecule has 2 rings (SSSR count). The van der Waals surface area contributed by atoms with Gasteiger partial charge in [-0.2, -0.15) is 0 Å². The molecular formula is C16H16BrNO. The van der Waals surface area contributed by atoms with E-state index in [0.717, 1.165) is 16.6 Å². The molecule has 1 N–H and O–H groups in total. The predicted molar refractivity (Wildman–Crippen MR) is 82.7 cm³/mol. The molecule has 0 spiro atoms. The van der Waals surface area contributed by atoms with Gasteiger partial charge in [0.05, 0.1) is 0 Å². The van der Waals surface area contributed by atoms with Crippen LogP contribution in [0.3, 0.4) is 0 Å². The summed E-state index contributed by atoms with van der Waals surface area (Å²) in [5.74, 6) is -0.0905. The summed E-state index contributed by atoms with van der Waals surface area (Å²) in [6.07, 6.45) is 0.965. The second-order valence-corrected chi connectivity index (χ2v) is 5.37. The van der Waals surface area contributed by atoms with Crippen molar-refractivity contribution in [2.45, 2.75) is 20.3 Å². The van der Waals surface area contributed by atoms with Crippen molar-refractivity contribution in [3.05, 3.63) is 63.6 Å². The highest BCUT2D eigenvalue weighted by molar-refractivity contribution is 9.10. The highest BCUT2D eigenvalue weighted by Gasteiger charge is 2.07. The lowest BCUT2D eigenvalue weighted by Crippen LogP contribution is -2.12. The van der Waals surface area contributed by atoms with Crippen molar-refractivity contribution in [1.29, 1.82) is 0 Å². The van der Waals surface area contributed by atoms with Crippen molar-refractivity contribution in [2.75, 3.05) is 5.32 Å². The Morgan fingerprint density at radius 2 is 2.00 bits per heavy atom. The van der Waals surface area contributed by atoms with E-state index >= 15 is 0 Å². The molecule has 0 aromatic heterocycles. The smallest absolute Gasteiger partial charge is 0.255 e. The van der Waals surface area contributed by atoms with E-state index in [4.69, 9.17) is 0 Å². The van der Waals surface area contributed by atoms with Crippen LogP contribution in [0.15, 0.2) is 46.9 Å². The Balaban J connectivity index is 2.19. The van der Waals surface area contributed by atoms with Crippen LogP contribution < -0.4 is 5.32 Å². The van der Waals surface area contributed by atoms with Gasteiger partial charge in [0.1, 0.15) is 0 Å². The lowest BCUT2D eigenvalue weighted by Gasteiger charge is -2.09. The molecule has 0 atom stereocenters. The second-order valence-electron chi connectivity index (χ2n) is 4.46. The van der Waals surface area contributed by atoms with E-state index in [9.17, 15) is 4.79 Å². The summed E-state index contributed by atoms with van der Waals surface area (Å²) in [7, 11) is 0. The number of hydrogen-bond acceptors (Lipinski definition) is 1. The molecule has 0 bridgehead atoms. The maximum absolute atomic E-state index is 12.1. The third-order valence-corrected chi connectivity index (χ3v) is 3.57. The lowest BCUT2D eigenvalue weighted by molar-refractivity contribution is 0.102. The number of anilines is 1. The van der Waals surface area contributed by atoms with Crippen LogP contribution in [-0.4, -0.2) is 5.91 Å². The van der Waals surface area contributed by atoms with Gasteiger partial charge in [0.15, 0.2) is 0 Å². The van der Waals surface area contributed by atoms with Crippen LogP contribution in [0, 0.1) is 6.92 Å². The van der Waals surface area contributed by atoms with Gasteiger partial charge in [0.25, 0.3) is 5.91 Å². The zero-order valence-electron chi connectivity index (χ0n) is 11.0. The van der Waals surface area contributed by atoms with Gasteiger partial charge in [-0.15, -0.1) is 0 Å². The summed E-state index contributed by atoms with van der Waals surface area (Å²) in [4.78, 5) is 12.1. The molecule has 0 saturated carbocycles. The summed E-state index contributed by atoms with van der Waals surface area (Å²) in [6, 6.07) is 13.4. The van der Waals surface area contributed by atoms with Gasteiger partial charge >= 0.3 is 0 Å². The first-order valence-corrected chi connectivity index (χ1v) is 7.06. The minimum atomic E-state index is -0.0905. The van der Waals surface area contributed by atoms with Gasteiger partial charge in [0.2, 0.25) is 0 Å². The third kappa shape index (κ3) is 3.44. The largest absolute Gasteiger partial charge is 0.322 e. The molecule has 0 radical (unpaired) electrons. The van der Waals surface area contributed by atoms with Crippen molar-refractivity contribution in [3.63, 3.8) is 0 Å². The first kappa shape index (κ1) is 13.8. The molecule has 2 aromatic rings. The molecule has 19 heavy (non-hydrogen) atoms. The van der Waals surface area contributed by atoms with Crippen molar-refractivity contribution >= 4 is 27.5 Å². The fourth-order valence-corrected chi connectivity index (χ4v) is 2.36.